The Morgan fingerprint density at radius 3 is 0.787 bits per heavy atom. The summed E-state index contributed by atoms with van der Waals surface area (Å²) in [6.45, 7) is 6.34. The number of allylic oxidation sites excluding steroid dienone is 28. The van der Waals surface area contributed by atoms with Gasteiger partial charge in [-0.25, -0.2) is 0 Å². The molecule has 0 saturated carbocycles. The van der Waals surface area contributed by atoms with Gasteiger partial charge >= 0.3 is 17.9 Å². The zero-order valence-electron chi connectivity index (χ0n) is 51.3. The first-order valence-electron chi connectivity index (χ1n) is 32.1. The molecule has 0 fully saturated rings. The molecule has 6 heteroatoms. The predicted octanol–water partition coefficient (Wildman–Crippen LogP) is 22.3. The van der Waals surface area contributed by atoms with Gasteiger partial charge in [0.05, 0.1) is 0 Å². The lowest BCUT2D eigenvalue weighted by atomic mass is 10.0. The van der Waals surface area contributed by atoms with Crippen molar-refractivity contribution in [2.45, 2.75) is 264 Å². The number of rotatable bonds is 56. The number of unbranched alkanes of at least 4 members (excludes halogenated alkanes) is 17. The lowest BCUT2D eigenvalue weighted by molar-refractivity contribution is -0.167. The smallest absolute Gasteiger partial charge is 0.306 e. The monoisotopic (exact) mass is 1100 g/mol. The average molecular weight is 1100 g/mol. The minimum atomic E-state index is -0.817. The first-order valence-corrected chi connectivity index (χ1v) is 32.1. The van der Waals surface area contributed by atoms with Crippen molar-refractivity contribution in [1.82, 2.24) is 0 Å². The number of esters is 3. The van der Waals surface area contributed by atoms with Crippen LogP contribution in [0.1, 0.15) is 258 Å². The third-order valence-electron chi connectivity index (χ3n) is 13.0. The highest BCUT2D eigenvalue weighted by Gasteiger charge is 2.19. The summed E-state index contributed by atoms with van der Waals surface area (Å²) in [6, 6.07) is 0. The second kappa shape index (κ2) is 66.3. The molecule has 0 rings (SSSR count). The highest BCUT2D eigenvalue weighted by molar-refractivity contribution is 5.71. The molecule has 0 aromatic heterocycles. The Hall–Kier alpha value is -5.23. The molecule has 0 radical (unpaired) electrons. The first-order chi connectivity index (χ1) is 39.5. The summed E-state index contributed by atoms with van der Waals surface area (Å²) >= 11 is 0. The Labute approximate surface area is 492 Å². The number of carbonyl (C=O) groups is 3. The highest BCUT2D eigenvalue weighted by Crippen LogP contribution is 2.14. The Balaban J connectivity index is 4.35. The molecular weight excluding hydrogens is 985 g/mol. The van der Waals surface area contributed by atoms with E-state index in [9.17, 15) is 14.4 Å². The fourth-order valence-corrected chi connectivity index (χ4v) is 8.23. The van der Waals surface area contributed by atoms with Gasteiger partial charge in [0, 0.05) is 19.3 Å². The fraction of sp³-hybridized carbons (Fsp3) is 0.581. The van der Waals surface area contributed by atoms with Crippen LogP contribution in [0.15, 0.2) is 170 Å². The van der Waals surface area contributed by atoms with Crippen LogP contribution in [0.2, 0.25) is 0 Å². The normalized spacial score (nSPS) is 13.3. The van der Waals surface area contributed by atoms with Crippen LogP contribution >= 0.6 is 0 Å². The molecule has 0 amide bonds. The Kier molecular flexibility index (Phi) is 61.9. The first kappa shape index (κ1) is 74.8. The third kappa shape index (κ3) is 63.6. The molecule has 6 nitrogen and oxygen atoms in total. The van der Waals surface area contributed by atoms with E-state index in [1.807, 2.05) is 0 Å². The van der Waals surface area contributed by atoms with Crippen molar-refractivity contribution >= 4 is 17.9 Å². The quantitative estimate of drug-likeness (QED) is 0.0261. The van der Waals surface area contributed by atoms with Gasteiger partial charge in [0.15, 0.2) is 6.10 Å². The molecule has 0 aromatic carbocycles. The van der Waals surface area contributed by atoms with E-state index in [1.165, 1.54) is 57.8 Å². The van der Waals surface area contributed by atoms with Gasteiger partial charge in [-0.05, 0) is 135 Å². The number of carbonyl (C=O) groups excluding carboxylic acids is 3. The van der Waals surface area contributed by atoms with Crippen LogP contribution in [-0.4, -0.2) is 37.2 Å². The molecular formula is C74H116O6. The lowest BCUT2D eigenvalue weighted by Crippen LogP contribution is -2.30. The van der Waals surface area contributed by atoms with E-state index >= 15 is 0 Å². The van der Waals surface area contributed by atoms with Crippen LogP contribution < -0.4 is 0 Å². The summed E-state index contributed by atoms with van der Waals surface area (Å²) in [4.78, 5) is 38.2. The molecule has 0 heterocycles. The summed E-state index contributed by atoms with van der Waals surface area (Å²) in [6.07, 6.45) is 98.0. The topological polar surface area (TPSA) is 78.9 Å². The van der Waals surface area contributed by atoms with E-state index in [4.69, 9.17) is 14.2 Å². The maximum Gasteiger partial charge on any atom is 0.306 e. The maximum absolute atomic E-state index is 12.8. The van der Waals surface area contributed by atoms with Crippen molar-refractivity contribution in [2.75, 3.05) is 13.2 Å². The van der Waals surface area contributed by atoms with Crippen LogP contribution in [0.25, 0.3) is 0 Å². The van der Waals surface area contributed by atoms with Crippen molar-refractivity contribution in [1.29, 1.82) is 0 Å². The van der Waals surface area contributed by atoms with E-state index in [1.54, 1.807) is 0 Å². The van der Waals surface area contributed by atoms with Gasteiger partial charge in [-0.15, -0.1) is 0 Å². The summed E-state index contributed by atoms with van der Waals surface area (Å²) in [5, 5.41) is 0. The minimum Gasteiger partial charge on any atom is -0.462 e. The van der Waals surface area contributed by atoms with Crippen LogP contribution in [0.4, 0.5) is 0 Å². The highest BCUT2D eigenvalue weighted by atomic mass is 16.6. The van der Waals surface area contributed by atoms with Gasteiger partial charge in [-0.3, -0.25) is 14.4 Å². The zero-order valence-corrected chi connectivity index (χ0v) is 51.3. The van der Waals surface area contributed by atoms with Crippen LogP contribution in [0, 0.1) is 0 Å². The summed E-state index contributed by atoms with van der Waals surface area (Å²) in [5.41, 5.74) is 0. The molecule has 0 aromatic rings. The van der Waals surface area contributed by atoms with Crippen molar-refractivity contribution in [3.63, 3.8) is 0 Å². The van der Waals surface area contributed by atoms with Gasteiger partial charge < -0.3 is 14.2 Å². The van der Waals surface area contributed by atoms with Gasteiger partial charge in [0.1, 0.15) is 13.2 Å². The fourth-order valence-electron chi connectivity index (χ4n) is 8.23. The lowest BCUT2D eigenvalue weighted by Gasteiger charge is -2.18. The molecule has 0 aliphatic heterocycles. The Morgan fingerprint density at radius 1 is 0.263 bits per heavy atom. The number of hydrogen-bond donors (Lipinski definition) is 0. The zero-order chi connectivity index (χ0) is 57.8. The predicted molar refractivity (Wildman–Crippen MR) is 348 cm³/mol. The number of hydrogen-bond acceptors (Lipinski definition) is 6. The van der Waals surface area contributed by atoms with Gasteiger partial charge in [0.25, 0.3) is 0 Å². The second-order valence-corrected chi connectivity index (χ2v) is 20.6. The van der Waals surface area contributed by atoms with Crippen LogP contribution in [-0.2, 0) is 28.6 Å². The van der Waals surface area contributed by atoms with Crippen molar-refractivity contribution in [3.8, 4) is 0 Å². The van der Waals surface area contributed by atoms with E-state index < -0.39 is 6.10 Å². The molecule has 448 valence electrons. The SMILES string of the molecule is CC/C=C\C/C=C\C/C=C\C/C=C\C/C=C\C/C=C\C/C=C\C/C=C\C/C=C\C/C=C\CCCCCCC(=O)OCC(COC(=O)CCCCCCCCCCCCCC)OC(=O)CCCC/C=C\C/C=C\C/C=C\C/C=C\CC. The standard InChI is InChI=1S/C74H116O6/c1-4-7-10-13-16-19-22-25-27-28-29-30-31-32-33-34-35-36-37-38-39-40-41-42-43-44-45-46-48-49-52-55-58-61-64-67-73(76)79-70-71(69-78-72(75)66-63-60-57-54-51-24-21-18-15-12-9-6-3)80-74(77)68-65-62-59-56-53-50-47-26-23-20-17-14-11-8-5-2/h7-8,10-11,16-17,19-20,25-27,29-30,32-33,35-36,38-39,41-42,44-45,47-49,53,56,71H,4-6,9,12-15,18,21-24,28,31,34,37,40,43,46,50-52,54-55,57-70H2,1-3H3/b10-7-,11-8-,19-16-,20-17-,27-25-,30-29-,33-32-,36-35-,39-38-,42-41-,45-44-,47-26-,49-48-,56-53-. The van der Waals surface area contributed by atoms with Crippen molar-refractivity contribution in [2.24, 2.45) is 0 Å². The Bertz CT molecular complexity index is 1840. The molecule has 1 unspecified atom stereocenters. The molecule has 80 heavy (non-hydrogen) atoms. The molecule has 0 bridgehead atoms. The summed E-state index contributed by atoms with van der Waals surface area (Å²) in [7, 11) is 0. The largest absolute Gasteiger partial charge is 0.462 e. The van der Waals surface area contributed by atoms with E-state index in [-0.39, 0.29) is 37.5 Å². The minimum absolute atomic E-state index is 0.108. The summed E-state index contributed by atoms with van der Waals surface area (Å²) < 4.78 is 16.8. The molecule has 0 saturated heterocycles. The van der Waals surface area contributed by atoms with E-state index in [0.29, 0.717) is 19.3 Å². The molecule has 1 atom stereocenters. The van der Waals surface area contributed by atoms with Crippen molar-refractivity contribution < 1.29 is 28.6 Å². The number of ether oxygens (including phenoxy) is 3. The van der Waals surface area contributed by atoms with Gasteiger partial charge in [-0.1, -0.05) is 274 Å². The molecule has 0 spiro atoms. The van der Waals surface area contributed by atoms with E-state index in [0.717, 1.165) is 154 Å². The maximum atomic E-state index is 12.8. The van der Waals surface area contributed by atoms with Crippen LogP contribution in [0.3, 0.4) is 0 Å². The Morgan fingerprint density at radius 2 is 0.487 bits per heavy atom. The molecule has 0 N–H and O–H groups in total. The van der Waals surface area contributed by atoms with Gasteiger partial charge in [-0.2, -0.15) is 0 Å². The third-order valence-corrected chi connectivity index (χ3v) is 13.0. The van der Waals surface area contributed by atoms with Crippen molar-refractivity contribution in [3.05, 3.63) is 170 Å². The molecule has 0 aliphatic rings. The molecule has 0 aliphatic carbocycles. The average Bonchev–Trinajstić information content (AvgIpc) is 3.46. The van der Waals surface area contributed by atoms with Gasteiger partial charge in [0.2, 0.25) is 0 Å². The van der Waals surface area contributed by atoms with E-state index in [2.05, 4.69) is 191 Å². The second-order valence-electron chi connectivity index (χ2n) is 20.6. The summed E-state index contributed by atoms with van der Waals surface area (Å²) in [5.74, 6) is -0.981. The van der Waals surface area contributed by atoms with Crippen LogP contribution in [0.5, 0.6) is 0 Å².